The highest BCUT2D eigenvalue weighted by atomic mass is 79.9. The number of hydrogen-bond acceptors (Lipinski definition) is 3. The van der Waals surface area contributed by atoms with Crippen LogP contribution in [0.4, 0.5) is 10.1 Å². The lowest BCUT2D eigenvalue weighted by molar-refractivity contribution is 0.175. The summed E-state index contributed by atoms with van der Waals surface area (Å²) < 4.78 is 20.3. The Hall–Kier alpha value is -1.95. The Morgan fingerprint density at radius 1 is 1.38 bits per heavy atom. The van der Waals surface area contributed by atoms with E-state index in [1.54, 1.807) is 12.4 Å². The highest BCUT2D eigenvalue weighted by molar-refractivity contribution is 9.10. The minimum absolute atomic E-state index is 0.0386. The number of halogens is 2. The molecule has 0 fully saturated rings. The van der Waals surface area contributed by atoms with Gasteiger partial charge in [0.25, 0.3) is 0 Å². The molecule has 2 aromatic rings. The number of ether oxygens (including phenoxy) is 1. The van der Waals surface area contributed by atoms with Crippen LogP contribution in [-0.2, 0) is 12.8 Å². The van der Waals surface area contributed by atoms with Crippen LogP contribution in [0.15, 0.2) is 33.7 Å². The molecule has 3 rings (SSSR count). The Bertz CT molecular complexity index is 825. The minimum Gasteiger partial charge on any atom is -0.473 e. The zero-order valence-electron chi connectivity index (χ0n) is 15.3. The molecule has 0 bridgehead atoms. The highest BCUT2D eigenvalue weighted by Crippen LogP contribution is 2.32. The van der Waals surface area contributed by atoms with E-state index in [1.165, 1.54) is 6.07 Å². The molecule has 1 aromatic carbocycles. The molecule has 0 radical (unpaired) electrons. The number of rotatable bonds is 5. The zero-order valence-corrected chi connectivity index (χ0v) is 16.9. The van der Waals surface area contributed by atoms with Gasteiger partial charge < -0.3 is 9.64 Å². The van der Waals surface area contributed by atoms with E-state index in [1.807, 2.05) is 31.0 Å². The summed E-state index contributed by atoms with van der Waals surface area (Å²) in [7, 11) is 1.98. The van der Waals surface area contributed by atoms with Crippen LogP contribution < -0.4 is 4.74 Å². The summed E-state index contributed by atoms with van der Waals surface area (Å²) in [6, 6.07) is 6.93. The average Bonchev–Trinajstić information content (AvgIpc) is 2.63. The van der Waals surface area contributed by atoms with Crippen LogP contribution in [0.25, 0.3) is 0 Å². The lowest BCUT2D eigenvalue weighted by Crippen LogP contribution is -2.26. The van der Waals surface area contributed by atoms with Crippen molar-refractivity contribution in [1.29, 1.82) is 0 Å². The Kier molecular flexibility index (Phi) is 5.91. The molecule has 1 heterocycles. The van der Waals surface area contributed by atoms with E-state index in [4.69, 9.17) is 4.74 Å². The van der Waals surface area contributed by atoms with Crippen LogP contribution >= 0.6 is 15.9 Å². The number of aromatic nitrogens is 1. The van der Waals surface area contributed by atoms with E-state index >= 15 is 0 Å². The number of aryl methyl sites for hydroxylation is 2. The number of fused-ring (bicyclic) bond motifs is 1. The lowest BCUT2D eigenvalue weighted by Gasteiger charge is -2.25. The lowest BCUT2D eigenvalue weighted by atomic mass is 9.90. The molecule has 0 spiro atoms. The second-order valence-corrected chi connectivity index (χ2v) is 7.45. The van der Waals surface area contributed by atoms with Gasteiger partial charge in [0, 0.05) is 20.0 Å². The number of nitrogens with zero attached hydrogens (tertiary/aromatic N) is 3. The smallest absolute Gasteiger partial charge is 0.228 e. The third-order valence-electron chi connectivity index (χ3n) is 4.63. The van der Waals surface area contributed by atoms with Crippen molar-refractivity contribution < 1.29 is 9.13 Å². The standard InChI is InChI=1S/C20H23BrFN3O/c1-4-25(3)12-23-19-11-18(21)20(24-13(19)2)26-17-8-6-14-9-16(22)7-5-15(14)10-17/h5,7,9,11-12,17H,4,6,8,10H2,1-3H3/b23-12+. The molecule has 0 saturated heterocycles. The van der Waals surface area contributed by atoms with Crippen molar-refractivity contribution in [3.63, 3.8) is 0 Å². The number of pyridine rings is 1. The normalized spacial score (nSPS) is 16.6. The molecule has 0 amide bonds. The van der Waals surface area contributed by atoms with Crippen LogP contribution in [0.2, 0.25) is 0 Å². The van der Waals surface area contributed by atoms with E-state index in [0.717, 1.165) is 52.8 Å². The van der Waals surface area contributed by atoms with E-state index in [9.17, 15) is 4.39 Å². The zero-order chi connectivity index (χ0) is 18.7. The third kappa shape index (κ3) is 4.41. The molecule has 0 aliphatic heterocycles. The summed E-state index contributed by atoms with van der Waals surface area (Å²) in [4.78, 5) is 11.1. The molecule has 1 atom stereocenters. The van der Waals surface area contributed by atoms with Gasteiger partial charge >= 0.3 is 0 Å². The second kappa shape index (κ2) is 8.16. The Balaban J connectivity index is 1.73. The maximum Gasteiger partial charge on any atom is 0.228 e. The summed E-state index contributed by atoms with van der Waals surface area (Å²) in [6.45, 7) is 4.89. The first kappa shape index (κ1) is 18.8. The van der Waals surface area contributed by atoms with Gasteiger partial charge in [0.2, 0.25) is 5.88 Å². The molecule has 0 N–H and O–H groups in total. The molecule has 1 unspecified atom stereocenters. The summed E-state index contributed by atoms with van der Waals surface area (Å²) in [6.07, 6.45) is 4.28. The SMILES string of the molecule is CCN(C)/C=N/c1cc(Br)c(OC2CCc3cc(F)ccc3C2)nc1C. The van der Waals surface area contributed by atoms with Crippen LogP contribution in [0.1, 0.15) is 30.2 Å². The van der Waals surface area contributed by atoms with Crippen LogP contribution in [0, 0.1) is 12.7 Å². The van der Waals surface area contributed by atoms with Crippen LogP contribution in [0.3, 0.4) is 0 Å². The van der Waals surface area contributed by atoms with Crippen molar-refractivity contribution in [1.82, 2.24) is 9.88 Å². The molecule has 4 nitrogen and oxygen atoms in total. The summed E-state index contributed by atoms with van der Waals surface area (Å²) in [5.41, 5.74) is 3.87. The monoisotopic (exact) mass is 419 g/mol. The third-order valence-corrected chi connectivity index (χ3v) is 5.20. The first-order chi connectivity index (χ1) is 12.5. The molecule has 26 heavy (non-hydrogen) atoms. The molecule has 0 saturated carbocycles. The number of aliphatic imine (C=N–C) groups is 1. The fraction of sp³-hybridized carbons (Fsp3) is 0.400. The van der Waals surface area contributed by atoms with Crippen LogP contribution in [0.5, 0.6) is 5.88 Å². The molecule has 1 aliphatic carbocycles. The van der Waals surface area contributed by atoms with Crippen molar-refractivity contribution in [2.75, 3.05) is 13.6 Å². The largest absolute Gasteiger partial charge is 0.473 e. The predicted octanol–water partition coefficient (Wildman–Crippen LogP) is 4.84. The molecule has 1 aromatic heterocycles. The number of hydrogen-bond donors (Lipinski definition) is 0. The van der Waals surface area contributed by atoms with E-state index < -0.39 is 0 Å². The molecule has 6 heteroatoms. The van der Waals surface area contributed by atoms with Crippen molar-refractivity contribution in [3.05, 3.63) is 51.4 Å². The Morgan fingerprint density at radius 2 is 2.19 bits per heavy atom. The summed E-state index contributed by atoms with van der Waals surface area (Å²) in [5, 5.41) is 0. The quantitative estimate of drug-likeness (QED) is 0.513. The van der Waals surface area contributed by atoms with Gasteiger partial charge in [0.05, 0.1) is 22.2 Å². The van der Waals surface area contributed by atoms with Crippen molar-refractivity contribution >= 4 is 28.0 Å². The van der Waals surface area contributed by atoms with E-state index in [-0.39, 0.29) is 11.9 Å². The van der Waals surface area contributed by atoms with Gasteiger partial charge in [-0.1, -0.05) is 6.07 Å². The van der Waals surface area contributed by atoms with Gasteiger partial charge in [0.1, 0.15) is 11.9 Å². The highest BCUT2D eigenvalue weighted by Gasteiger charge is 2.22. The molecular formula is C20H23BrFN3O. The Morgan fingerprint density at radius 3 is 2.96 bits per heavy atom. The summed E-state index contributed by atoms with van der Waals surface area (Å²) >= 11 is 3.55. The Labute approximate surface area is 162 Å². The maximum absolute atomic E-state index is 13.3. The van der Waals surface area contributed by atoms with E-state index in [0.29, 0.717) is 5.88 Å². The average molecular weight is 420 g/mol. The summed E-state index contributed by atoms with van der Waals surface area (Å²) in [5.74, 6) is 0.411. The van der Waals surface area contributed by atoms with Gasteiger partial charge in [-0.05, 0) is 71.9 Å². The van der Waals surface area contributed by atoms with Gasteiger partial charge in [-0.25, -0.2) is 14.4 Å². The fourth-order valence-electron chi connectivity index (χ4n) is 2.95. The topological polar surface area (TPSA) is 37.7 Å². The predicted molar refractivity (Wildman–Crippen MR) is 106 cm³/mol. The fourth-order valence-corrected chi connectivity index (χ4v) is 3.35. The van der Waals surface area contributed by atoms with Gasteiger partial charge in [-0.2, -0.15) is 0 Å². The van der Waals surface area contributed by atoms with Crippen molar-refractivity contribution in [3.8, 4) is 5.88 Å². The van der Waals surface area contributed by atoms with Gasteiger partial charge in [-0.15, -0.1) is 0 Å². The maximum atomic E-state index is 13.3. The molecular weight excluding hydrogens is 397 g/mol. The van der Waals surface area contributed by atoms with Gasteiger partial charge in [-0.3, -0.25) is 0 Å². The van der Waals surface area contributed by atoms with Gasteiger partial charge in [0.15, 0.2) is 0 Å². The molecule has 138 valence electrons. The molecule has 1 aliphatic rings. The van der Waals surface area contributed by atoms with Crippen molar-refractivity contribution in [2.24, 2.45) is 4.99 Å². The minimum atomic E-state index is -0.173. The first-order valence-corrected chi connectivity index (χ1v) is 9.61. The van der Waals surface area contributed by atoms with Crippen molar-refractivity contribution in [2.45, 2.75) is 39.2 Å². The van der Waals surface area contributed by atoms with E-state index in [2.05, 4.69) is 32.8 Å². The van der Waals surface area contributed by atoms with Crippen LogP contribution in [-0.4, -0.2) is 35.9 Å². The second-order valence-electron chi connectivity index (χ2n) is 6.59. The first-order valence-electron chi connectivity index (χ1n) is 8.81. The number of benzene rings is 1.